The fraction of sp³-hybridized carbons (Fsp3) is 0.444. The molecule has 2 N–H and O–H groups in total. The van der Waals surface area contributed by atoms with Gasteiger partial charge >= 0.3 is 0 Å². The molecule has 0 bridgehead atoms. The van der Waals surface area contributed by atoms with Gasteiger partial charge in [-0.1, -0.05) is 30.3 Å². The van der Waals surface area contributed by atoms with Crippen molar-refractivity contribution in [2.45, 2.75) is 44.6 Å². The first-order valence-corrected chi connectivity index (χ1v) is 10.5. The SMILES string of the molecule is Cc1cc(S(=O)(=O)NCCN[C@H](C)CCc2ccccc2)c(C)s1. The van der Waals surface area contributed by atoms with Gasteiger partial charge < -0.3 is 5.32 Å². The monoisotopic (exact) mass is 366 g/mol. The number of sulfonamides is 1. The van der Waals surface area contributed by atoms with Crippen LogP contribution in [0.3, 0.4) is 0 Å². The predicted octanol–water partition coefficient (Wildman–Crippen LogP) is 3.25. The first-order chi connectivity index (χ1) is 11.4. The molecule has 1 aromatic heterocycles. The molecule has 0 saturated heterocycles. The number of hydrogen-bond donors (Lipinski definition) is 2. The molecule has 0 amide bonds. The minimum absolute atomic E-state index is 0.347. The van der Waals surface area contributed by atoms with E-state index in [1.54, 1.807) is 6.07 Å². The van der Waals surface area contributed by atoms with Crippen molar-refractivity contribution in [2.75, 3.05) is 13.1 Å². The maximum absolute atomic E-state index is 12.3. The summed E-state index contributed by atoms with van der Waals surface area (Å²) in [6.45, 7) is 6.91. The molecule has 132 valence electrons. The molecule has 0 spiro atoms. The van der Waals surface area contributed by atoms with Crippen LogP contribution < -0.4 is 10.0 Å². The highest BCUT2D eigenvalue weighted by atomic mass is 32.2. The normalized spacial score (nSPS) is 13.1. The lowest BCUT2D eigenvalue weighted by atomic mass is 10.1. The topological polar surface area (TPSA) is 58.2 Å². The summed E-state index contributed by atoms with van der Waals surface area (Å²) < 4.78 is 27.3. The lowest BCUT2D eigenvalue weighted by molar-refractivity contribution is 0.511. The quantitative estimate of drug-likeness (QED) is 0.670. The summed E-state index contributed by atoms with van der Waals surface area (Å²) in [5.41, 5.74) is 1.33. The average molecular weight is 367 g/mol. The molecular weight excluding hydrogens is 340 g/mol. The smallest absolute Gasteiger partial charge is 0.241 e. The van der Waals surface area contributed by atoms with Crippen LogP contribution in [0.1, 0.15) is 28.7 Å². The van der Waals surface area contributed by atoms with E-state index in [0.717, 1.165) is 22.6 Å². The van der Waals surface area contributed by atoms with Gasteiger partial charge in [-0.05, 0) is 45.2 Å². The van der Waals surface area contributed by atoms with Gasteiger partial charge in [0.1, 0.15) is 0 Å². The number of hydrogen-bond acceptors (Lipinski definition) is 4. The molecule has 1 atom stereocenters. The van der Waals surface area contributed by atoms with Crippen LogP contribution >= 0.6 is 11.3 Å². The Kier molecular flexibility index (Phi) is 6.98. The third-order valence-electron chi connectivity index (χ3n) is 3.90. The Morgan fingerprint density at radius 1 is 1.12 bits per heavy atom. The lowest BCUT2D eigenvalue weighted by Gasteiger charge is -2.14. The first kappa shape index (κ1) is 19.1. The maximum atomic E-state index is 12.3. The second-order valence-corrected chi connectivity index (χ2v) is 9.25. The number of rotatable bonds is 9. The molecule has 1 heterocycles. The molecule has 2 aromatic rings. The van der Waals surface area contributed by atoms with Gasteiger partial charge in [-0.15, -0.1) is 11.3 Å². The standard InChI is InChI=1S/C18H26N2O2S2/c1-14(9-10-17-7-5-4-6-8-17)19-11-12-20-24(21,22)18-13-15(2)23-16(18)3/h4-8,13-14,19-20H,9-12H2,1-3H3/t14-/m1/s1. The third kappa shape index (κ3) is 5.70. The Morgan fingerprint density at radius 3 is 2.46 bits per heavy atom. The van der Waals surface area contributed by atoms with E-state index in [4.69, 9.17) is 0 Å². The Labute approximate surface area is 149 Å². The highest BCUT2D eigenvalue weighted by Crippen LogP contribution is 2.24. The fourth-order valence-corrected chi connectivity index (χ4v) is 5.17. The van der Waals surface area contributed by atoms with Crippen LogP contribution in [0, 0.1) is 13.8 Å². The van der Waals surface area contributed by atoms with Gasteiger partial charge in [-0.2, -0.15) is 0 Å². The van der Waals surface area contributed by atoms with Crippen molar-refractivity contribution in [1.82, 2.24) is 10.0 Å². The number of nitrogens with one attached hydrogen (secondary N) is 2. The molecule has 0 aliphatic carbocycles. The van der Waals surface area contributed by atoms with Crippen molar-refractivity contribution < 1.29 is 8.42 Å². The molecule has 24 heavy (non-hydrogen) atoms. The van der Waals surface area contributed by atoms with Crippen LogP contribution in [0.2, 0.25) is 0 Å². The van der Waals surface area contributed by atoms with E-state index in [1.165, 1.54) is 16.9 Å². The summed E-state index contributed by atoms with van der Waals surface area (Å²) >= 11 is 1.51. The molecule has 6 heteroatoms. The average Bonchev–Trinajstić information content (AvgIpc) is 2.90. The van der Waals surface area contributed by atoms with Gasteiger partial charge in [0, 0.05) is 28.9 Å². The summed E-state index contributed by atoms with van der Waals surface area (Å²) in [4.78, 5) is 2.26. The van der Waals surface area contributed by atoms with E-state index in [9.17, 15) is 8.42 Å². The highest BCUT2D eigenvalue weighted by molar-refractivity contribution is 7.89. The van der Waals surface area contributed by atoms with E-state index >= 15 is 0 Å². The summed E-state index contributed by atoms with van der Waals surface area (Å²) in [6.07, 6.45) is 2.05. The molecule has 0 aliphatic heterocycles. The van der Waals surface area contributed by atoms with Gasteiger partial charge in [0.25, 0.3) is 0 Å². The second-order valence-electron chi connectivity index (χ2n) is 6.05. The van der Waals surface area contributed by atoms with E-state index in [0.29, 0.717) is 24.0 Å². The van der Waals surface area contributed by atoms with E-state index < -0.39 is 10.0 Å². The molecule has 0 saturated carbocycles. The molecule has 0 unspecified atom stereocenters. The van der Waals surface area contributed by atoms with Crippen LogP contribution in [-0.4, -0.2) is 27.5 Å². The zero-order valence-electron chi connectivity index (χ0n) is 14.5. The van der Waals surface area contributed by atoms with E-state index in [2.05, 4.69) is 41.2 Å². The Bertz CT molecular complexity index is 740. The fourth-order valence-electron chi connectivity index (χ4n) is 2.59. The zero-order chi connectivity index (χ0) is 17.6. The van der Waals surface area contributed by atoms with Crippen LogP contribution in [0.5, 0.6) is 0 Å². The molecular formula is C18H26N2O2S2. The molecule has 0 aliphatic rings. The largest absolute Gasteiger partial charge is 0.313 e. The molecule has 2 rings (SSSR count). The molecule has 1 aromatic carbocycles. The van der Waals surface area contributed by atoms with Gasteiger partial charge in [0.15, 0.2) is 0 Å². The zero-order valence-corrected chi connectivity index (χ0v) is 16.1. The van der Waals surface area contributed by atoms with Crippen LogP contribution in [-0.2, 0) is 16.4 Å². The Balaban J connectivity index is 1.71. The van der Waals surface area contributed by atoms with Gasteiger partial charge in [-0.25, -0.2) is 13.1 Å². The number of aryl methyl sites for hydroxylation is 3. The molecule has 4 nitrogen and oxygen atoms in total. The highest BCUT2D eigenvalue weighted by Gasteiger charge is 2.18. The van der Waals surface area contributed by atoms with Crippen molar-refractivity contribution >= 4 is 21.4 Å². The van der Waals surface area contributed by atoms with Crippen molar-refractivity contribution in [2.24, 2.45) is 0 Å². The van der Waals surface area contributed by atoms with Gasteiger partial charge in [-0.3, -0.25) is 0 Å². The van der Waals surface area contributed by atoms with Gasteiger partial charge in [0.2, 0.25) is 10.0 Å². The first-order valence-electron chi connectivity index (χ1n) is 8.22. The minimum Gasteiger partial charge on any atom is -0.313 e. The van der Waals surface area contributed by atoms with Crippen molar-refractivity contribution in [3.05, 3.63) is 51.7 Å². The summed E-state index contributed by atoms with van der Waals surface area (Å²) in [6, 6.07) is 12.5. The van der Waals surface area contributed by atoms with E-state index in [1.807, 2.05) is 19.9 Å². The maximum Gasteiger partial charge on any atom is 0.241 e. The minimum atomic E-state index is -3.40. The predicted molar refractivity (Wildman–Crippen MR) is 101 cm³/mol. The van der Waals surface area contributed by atoms with Crippen LogP contribution in [0.4, 0.5) is 0 Å². The Hall–Kier alpha value is -1.21. The summed E-state index contributed by atoms with van der Waals surface area (Å²) in [7, 11) is -3.40. The summed E-state index contributed by atoms with van der Waals surface area (Å²) in [5.74, 6) is 0. The lowest BCUT2D eigenvalue weighted by Crippen LogP contribution is -2.36. The Morgan fingerprint density at radius 2 is 1.83 bits per heavy atom. The van der Waals surface area contributed by atoms with E-state index in [-0.39, 0.29) is 0 Å². The van der Waals surface area contributed by atoms with Crippen LogP contribution in [0.25, 0.3) is 0 Å². The number of benzene rings is 1. The molecule has 0 fully saturated rings. The van der Waals surface area contributed by atoms with Crippen LogP contribution in [0.15, 0.2) is 41.3 Å². The third-order valence-corrected chi connectivity index (χ3v) is 6.59. The second kappa shape index (κ2) is 8.76. The molecule has 0 radical (unpaired) electrons. The van der Waals surface area contributed by atoms with Crippen molar-refractivity contribution in [1.29, 1.82) is 0 Å². The summed E-state index contributed by atoms with van der Waals surface area (Å²) in [5, 5.41) is 3.37. The van der Waals surface area contributed by atoms with Crippen molar-refractivity contribution in [3.63, 3.8) is 0 Å². The van der Waals surface area contributed by atoms with Gasteiger partial charge in [0.05, 0.1) is 4.90 Å². The number of thiophene rings is 1. The van der Waals surface area contributed by atoms with Crippen molar-refractivity contribution in [3.8, 4) is 0 Å².